The minimum absolute atomic E-state index is 0. The van der Waals surface area contributed by atoms with Gasteiger partial charge in [-0.2, -0.15) is 0 Å². The van der Waals surface area contributed by atoms with E-state index in [0.717, 1.165) is 0 Å². The second-order valence-electron chi connectivity index (χ2n) is 1.90. The van der Waals surface area contributed by atoms with E-state index in [1.807, 2.05) is 0 Å². The van der Waals surface area contributed by atoms with Gasteiger partial charge >= 0.3 is 0 Å². The molecule has 138 heavy (non-hydrogen) atoms. The van der Waals surface area contributed by atoms with E-state index < -0.39 is 0 Å². The lowest BCUT2D eigenvalue weighted by molar-refractivity contribution is 0.318. The van der Waals surface area contributed by atoms with Crippen LogP contribution in [0.3, 0.4) is 0 Å². The number of aliphatic hydroxyl groups is 6. The topological polar surface area (TPSA) is 301 Å². The van der Waals surface area contributed by atoms with E-state index in [1.54, 1.807) is 41.5 Å². The highest BCUT2D eigenvalue weighted by atomic mass is 16.3. The van der Waals surface area contributed by atoms with Gasteiger partial charge in [0.15, 0.2) is 0 Å². The molecule has 0 saturated heterocycles. The monoisotopic (exact) mass is 2210 g/mol. The molecule has 0 aromatic rings. The zero-order chi connectivity index (χ0) is 16.2. The Hall–Kier alpha value is -0.480. The minimum atomic E-state index is 0. The molecule has 0 heterocycles. The van der Waals surface area contributed by atoms with Crippen molar-refractivity contribution in [2.75, 3.05) is 39.6 Å². The molecule has 12 nitrogen and oxygen atoms in total. The first kappa shape index (κ1) is 19300. The van der Waals surface area contributed by atoms with Gasteiger partial charge in [-0.3, -0.25) is 0 Å². The summed E-state index contributed by atoms with van der Waals surface area (Å²) in [5.74, 6) is 0. The van der Waals surface area contributed by atoms with Crippen molar-refractivity contribution in [1.29, 1.82) is 0 Å². The molecule has 0 aromatic heterocycles. The Morgan fingerprint density at radius 2 is 0.0580 bits per heavy atom. The average Bonchev–Trinajstić information content (AvgIpc) is 2.23. The fourth-order valence-electron chi connectivity index (χ4n) is 0. The van der Waals surface area contributed by atoms with Crippen molar-refractivity contribution in [3.05, 3.63) is 0 Å². The zero-order valence-corrected chi connectivity index (χ0v) is 15.6. The molecule has 0 radical (unpaired) electrons. The van der Waals surface area contributed by atoms with Gasteiger partial charge in [-0.05, 0) is 41.5 Å². The van der Waals surface area contributed by atoms with Gasteiger partial charge < -0.3 is 63.5 Å². The van der Waals surface area contributed by atoms with Gasteiger partial charge in [0.25, 0.3) is 0 Å². The maximum absolute atomic E-state index is 7.57. The summed E-state index contributed by atoms with van der Waals surface area (Å²) in [7, 11) is 0. The van der Waals surface area contributed by atoms with Crippen LogP contribution in [0.25, 0.3) is 0 Å². The first-order valence-electron chi connectivity index (χ1n) is 6.14. The van der Waals surface area contributed by atoms with Crippen molar-refractivity contribution in [2.45, 2.75) is 888 Å². The molecular weight excluding hydrogens is 1710 g/mol. The number of rotatable bonds is 0. The summed E-state index contributed by atoms with van der Waals surface area (Å²) < 4.78 is 0. The Labute approximate surface area is 986 Å². The van der Waals surface area contributed by atoms with Crippen LogP contribution in [0, 0.1) is 0 Å². The molecular formula is C126H498O12-6. The number of hydrogen-bond acceptors (Lipinski definition) is 12. The molecule has 0 fully saturated rings. The lowest BCUT2D eigenvalue weighted by Crippen LogP contribution is -1.57. The molecule has 0 aliphatic heterocycles. The number of aliphatic hydroxyl groups excluding tert-OH is 6. The Morgan fingerprint density at radius 3 is 0.0580 bits per heavy atom. The smallest absolute Gasteiger partial charge is 0.0402 e. The summed E-state index contributed by atoms with van der Waals surface area (Å²) in [4.78, 5) is 0. The Bertz CT molecular complexity index is 74.3. The van der Waals surface area contributed by atoms with Crippen LogP contribution in [-0.4, -0.2) is 103 Å². The molecule has 0 atom stereocenters. The van der Waals surface area contributed by atoms with Gasteiger partial charge in [-0.1, -0.05) is 847 Å². The molecule has 12 heteroatoms. The minimum Gasteiger partial charge on any atom is -0.870 e. The normalized spacial score (nSPS) is 0.783. The summed E-state index contributed by atoms with van der Waals surface area (Å²) in [6, 6.07) is 0. The van der Waals surface area contributed by atoms with Crippen LogP contribution in [0.15, 0.2) is 0 Å². The molecule has 0 aliphatic rings. The van der Waals surface area contributed by atoms with Crippen LogP contribution in [0.4, 0.5) is 0 Å². The molecule has 0 aromatic carbocycles. The summed E-state index contributed by atoms with van der Waals surface area (Å²) in [5.41, 5.74) is 0. The fraction of sp³-hybridized carbons (Fsp3) is 1.00. The van der Waals surface area contributed by atoms with E-state index in [0.29, 0.717) is 0 Å². The average molecular weight is 2210 g/mol. The van der Waals surface area contributed by atoms with E-state index in [-0.39, 0.29) is 919 Å². The molecule has 0 spiro atoms. The van der Waals surface area contributed by atoms with E-state index in [1.165, 1.54) is 0 Å². The Morgan fingerprint density at radius 1 is 0.0580 bits per heavy atom. The molecule has 0 saturated carbocycles. The summed E-state index contributed by atoms with van der Waals surface area (Å²) >= 11 is 0. The van der Waals surface area contributed by atoms with Gasteiger partial charge in [0.05, 0.1) is 0 Å². The molecule has 0 unspecified atom stereocenters. The zero-order valence-electron chi connectivity index (χ0n) is 15.6. The maximum atomic E-state index is 7.57. The van der Waals surface area contributed by atoms with Crippen LogP contribution >= 0.6 is 0 Å². The van der Waals surface area contributed by atoms with E-state index >= 15 is 0 Å². The lowest BCUT2D eigenvalue weighted by atomic mass is 10.9. The number of hydrogen-bond donors (Lipinski definition) is 6. The van der Waals surface area contributed by atoms with Crippen molar-refractivity contribution in [1.82, 2.24) is 0 Å². The molecule has 0 aliphatic carbocycles. The second-order valence-corrected chi connectivity index (χ2v) is 1.90. The standard InChI is InChI=1S/6C2H6O.114CH4.6H2O/c6*1-2-3;;;;;;;;;;;;;;;;;;;;;;;;;;;;;;;;;;;;;;;;;;;;;;;;;;;;;;;;;;;;;;;;;;;;;;;;;;;;;;;;;;;;;;;;;;;;;;;;;;;;;;;;;;;;;;;;;;;;;;;;/h6*3H,2H2,1H3;114*1H4;6*1H2/p-6. The Balaban J connectivity index is -0.0000000000860. The third-order valence-electron chi connectivity index (χ3n) is 0. The van der Waals surface area contributed by atoms with Crippen molar-refractivity contribution in [3.8, 4) is 0 Å². The van der Waals surface area contributed by atoms with Gasteiger partial charge in [0, 0.05) is 39.6 Å². The molecule has 0 rings (SSSR count). The van der Waals surface area contributed by atoms with Gasteiger partial charge in [-0.25, -0.2) is 0 Å². The SMILES string of the molecule is C.C.C.C.C.C.C.C.C.C.C.C.C.C.C.C.C.C.C.C.C.C.C.C.C.C.C.C.C.C.C.C.C.C.C.C.C.C.C.C.C.C.C.C.C.C.C.C.C.C.C.C.C.C.C.C.C.C.C.C.C.C.C.C.C.C.C.C.C.C.C.C.C.C.C.C.C.C.C.C.C.C.C.C.C.C.C.C.C.C.C.C.C.C.C.C.C.C.C.C.C.C.C.C.C.C.C.C.C.C.C.C.C.C.CCO.CCO.CCO.CCO.CCO.CCO.[OH-].[OH-].[OH-].[OH-].[OH-].[OH-]. The molecule has 0 amide bonds. The first-order chi connectivity index (χ1) is 8.49. The van der Waals surface area contributed by atoms with Crippen molar-refractivity contribution >= 4 is 0 Å². The largest absolute Gasteiger partial charge is 0.870 e. The third kappa shape index (κ3) is 10600000. The summed E-state index contributed by atoms with van der Waals surface area (Å²) in [6.07, 6.45) is 0. The van der Waals surface area contributed by atoms with Crippen molar-refractivity contribution < 1.29 is 63.5 Å². The molecule has 0 bridgehead atoms. The van der Waals surface area contributed by atoms with E-state index in [2.05, 4.69) is 0 Å². The van der Waals surface area contributed by atoms with Crippen LogP contribution in [-0.2, 0) is 0 Å². The Kier molecular flexibility index (Phi) is 11500000. The maximum Gasteiger partial charge on any atom is 0.0402 e. The van der Waals surface area contributed by atoms with Gasteiger partial charge in [0.2, 0.25) is 0 Å². The molecule has 1080 valence electrons. The quantitative estimate of drug-likeness (QED) is 0.132. The second kappa shape index (κ2) is 82300. The van der Waals surface area contributed by atoms with Crippen molar-refractivity contribution in [3.63, 3.8) is 0 Å². The fourth-order valence-corrected chi connectivity index (χ4v) is 0. The van der Waals surface area contributed by atoms with E-state index in [9.17, 15) is 0 Å². The highest BCUT2D eigenvalue weighted by molar-refractivity contribution is 3.85. The van der Waals surface area contributed by atoms with Crippen molar-refractivity contribution in [2.24, 2.45) is 0 Å². The summed E-state index contributed by atoms with van der Waals surface area (Å²) in [6.45, 7) is 11.6. The van der Waals surface area contributed by atoms with Gasteiger partial charge in [0.1, 0.15) is 0 Å². The first-order valence-corrected chi connectivity index (χ1v) is 6.14. The van der Waals surface area contributed by atoms with Crippen LogP contribution < -0.4 is 0 Å². The predicted octanol–water partition coefficient (Wildman–Crippen LogP) is 71.4. The predicted molar refractivity (Wildman–Crippen MR) is 856 cm³/mol. The van der Waals surface area contributed by atoms with Crippen LogP contribution in [0.2, 0.25) is 0 Å². The summed E-state index contributed by atoms with van der Waals surface area (Å²) in [5, 5.41) is 45.4. The van der Waals surface area contributed by atoms with Crippen LogP contribution in [0.1, 0.15) is 888 Å². The highest BCUT2D eigenvalue weighted by Gasteiger charge is 1.36. The van der Waals surface area contributed by atoms with E-state index in [4.69, 9.17) is 30.6 Å². The van der Waals surface area contributed by atoms with Crippen LogP contribution in [0.5, 0.6) is 0 Å². The highest BCUT2D eigenvalue weighted by Crippen LogP contribution is 1.31. The van der Waals surface area contributed by atoms with Gasteiger partial charge in [-0.15, -0.1) is 0 Å². The third-order valence-corrected chi connectivity index (χ3v) is 0. The molecule has 12 N–H and O–H groups in total. The lowest BCUT2D eigenvalue weighted by Gasteiger charge is -1.52.